The number of carbonyl (C=O) groups is 1. The molecule has 0 aromatic carbocycles. The Morgan fingerprint density at radius 1 is 1.17 bits per heavy atom. The average Bonchev–Trinajstić information content (AvgIpc) is 3.05. The number of hydrogen-bond acceptors (Lipinski definition) is 3. The maximum Gasteiger partial charge on any atom is 0.315 e. The molecule has 2 amide bonds. The van der Waals surface area contributed by atoms with Gasteiger partial charge in [-0.25, -0.2) is 4.79 Å². The van der Waals surface area contributed by atoms with Crippen molar-refractivity contribution in [3.05, 3.63) is 34.4 Å². The molecular formula is C17H28N6O. The van der Waals surface area contributed by atoms with Crippen LogP contribution in [-0.4, -0.2) is 32.1 Å². The van der Waals surface area contributed by atoms with Crippen molar-refractivity contribution >= 4 is 6.03 Å². The van der Waals surface area contributed by atoms with E-state index in [1.807, 2.05) is 36.6 Å². The first-order valence-electron chi connectivity index (χ1n) is 8.50. The molecule has 0 radical (unpaired) electrons. The van der Waals surface area contributed by atoms with Crippen molar-refractivity contribution in [2.24, 2.45) is 14.1 Å². The van der Waals surface area contributed by atoms with Crippen molar-refractivity contribution in [2.45, 2.75) is 46.6 Å². The minimum Gasteiger partial charge on any atom is -0.338 e. The van der Waals surface area contributed by atoms with Crippen LogP contribution in [0.5, 0.6) is 0 Å². The van der Waals surface area contributed by atoms with E-state index in [9.17, 15) is 4.79 Å². The first-order chi connectivity index (χ1) is 11.5. The zero-order valence-electron chi connectivity index (χ0n) is 15.3. The van der Waals surface area contributed by atoms with Crippen molar-refractivity contribution in [1.29, 1.82) is 0 Å². The van der Waals surface area contributed by atoms with E-state index in [2.05, 4.69) is 34.7 Å². The lowest BCUT2D eigenvalue weighted by Crippen LogP contribution is -2.36. The summed E-state index contributed by atoms with van der Waals surface area (Å²) in [7, 11) is 3.88. The summed E-state index contributed by atoms with van der Waals surface area (Å²) in [4.78, 5) is 12.0. The number of amides is 2. The number of nitrogens with zero attached hydrogens (tertiary/aromatic N) is 4. The Labute approximate surface area is 143 Å². The van der Waals surface area contributed by atoms with E-state index in [0.717, 1.165) is 41.8 Å². The van der Waals surface area contributed by atoms with Gasteiger partial charge in [0.05, 0.1) is 11.9 Å². The highest BCUT2D eigenvalue weighted by atomic mass is 16.2. The van der Waals surface area contributed by atoms with Crippen LogP contribution >= 0.6 is 0 Å². The predicted molar refractivity (Wildman–Crippen MR) is 93.9 cm³/mol. The normalized spacial score (nSPS) is 10.9. The molecule has 0 aliphatic heterocycles. The fourth-order valence-corrected chi connectivity index (χ4v) is 2.93. The molecular weight excluding hydrogens is 304 g/mol. The van der Waals surface area contributed by atoms with Crippen molar-refractivity contribution in [3.63, 3.8) is 0 Å². The van der Waals surface area contributed by atoms with Crippen LogP contribution in [0.25, 0.3) is 0 Å². The van der Waals surface area contributed by atoms with Gasteiger partial charge in [0.1, 0.15) is 0 Å². The summed E-state index contributed by atoms with van der Waals surface area (Å²) >= 11 is 0. The fourth-order valence-electron chi connectivity index (χ4n) is 2.93. The van der Waals surface area contributed by atoms with Crippen LogP contribution in [0, 0.1) is 6.92 Å². The summed E-state index contributed by atoms with van der Waals surface area (Å²) in [6.07, 6.45) is 4.40. The standard InChI is InChI=1S/C17H28N6O/c1-6-15-14(16(7-2)23(5)21-15)11-19-17(24)18-9-8-13-10-20-22(4)12(13)3/h10H,6-9,11H2,1-5H3,(H2,18,19,24). The van der Waals surface area contributed by atoms with E-state index < -0.39 is 0 Å². The Balaban J connectivity index is 1.84. The quantitative estimate of drug-likeness (QED) is 0.809. The van der Waals surface area contributed by atoms with Crippen LogP contribution in [0.4, 0.5) is 4.79 Å². The van der Waals surface area contributed by atoms with Gasteiger partial charge in [-0.1, -0.05) is 13.8 Å². The molecule has 7 heteroatoms. The molecule has 2 aromatic rings. The second kappa shape index (κ2) is 7.99. The second-order valence-electron chi connectivity index (χ2n) is 5.94. The largest absolute Gasteiger partial charge is 0.338 e. The average molecular weight is 332 g/mol. The maximum atomic E-state index is 12.0. The zero-order chi connectivity index (χ0) is 17.7. The smallest absolute Gasteiger partial charge is 0.315 e. The van der Waals surface area contributed by atoms with Gasteiger partial charge in [0.25, 0.3) is 0 Å². The van der Waals surface area contributed by atoms with Crippen LogP contribution in [0.1, 0.15) is 42.1 Å². The number of nitrogens with one attached hydrogen (secondary N) is 2. The second-order valence-corrected chi connectivity index (χ2v) is 5.94. The minimum absolute atomic E-state index is 0.149. The first kappa shape index (κ1) is 18.0. The summed E-state index contributed by atoms with van der Waals surface area (Å²) in [5, 5.41) is 14.6. The van der Waals surface area contributed by atoms with Crippen LogP contribution < -0.4 is 10.6 Å². The Bertz CT molecular complexity index is 700. The molecule has 0 saturated heterocycles. The van der Waals surface area contributed by atoms with Gasteiger partial charge in [-0.3, -0.25) is 9.36 Å². The van der Waals surface area contributed by atoms with Crippen molar-refractivity contribution < 1.29 is 4.79 Å². The zero-order valence-corrected chi connectivity index (χ0v) is 15.3. The fraction of sp³-hybridized carbons (Fsp3) is 0.588. The lowest BCUT2D eigenvalue weighted by atomic mass is 10.1. The molecule has 132 valence electrons. The van der Waals surface area contributed by atoms with Gasteiger partial charge in [-0.05, 0) is 31.7 Å². The Morgan fingerprint density at radius 2 is 1.92 bits per heavy atom. The lowest BCUT2D eigenvalue weighted by molar-refractivity contribution is 0.240. The third-order valence-corrected chi connectivity index (χ3v) is 4.47. The molecule has 2 rings (SSSR count). The number of hydrogen-bond donors (Lipinski definition) is 2. The van der Waals surface area contributed by atoms with Crippen LogP contribution in [0.3, 0.4) is 0 Å². The van der Waals surface area contributed by atoms with Gasteiger partial charge in [-0.15, -0.1) is 0 Å². The van der Waals surface area contributed by atoms with E-state index in [4.69, 9.17) is 0 Å². The van der Waals surface area contributed by atoms with Crippen LogP contribution in [0.2, 0.25) is 0 Å². The van der Waals surface area contributed by atoms with E-state index in [0.29, 0.717) is 13.1 Å². The van der Waals surface area contributed by atoms with E-state index in [1.165, 1.54) is 5.69 Å². The van der Waals surface area contributed by atoms with E-state index in [1.54, 1.807) is 0 Å². The molecule has 2 heterocycles. The van der Waals surface area contributed by atoms with Gasteiger partial charge in [0.2, 0.25) is 0 Å². The molecule has 0 aliphatic rings. The van der Waals surface area contributed by atoms with Gasteiger partial charge >= 0.3 is 6.03 Å². The first-order valence-corrected chi connectivity index (χ1v) is 8.50. The molecule has 0 bridgehead atoms. The van der Waals surface area contributed by atoms with Crippen LogP contribution in [0.15, 0.2) is 6.20 Å². The van der Waals surface area contributed by atoms with Gasteiger partial charge < -0.3 is 10.6 Å². The van der Waals surface area contributed by atoms with Crippen molar-refractivity contribution in [2.75, 3.05) is 6.54 Å². The van der Waals surface area contributed by atoms with Crippen LogP contribution in [-0.2, 0) is 39.9 Å². The minimum atomic E-state index is -0.149. The summed E-state index contributed by atoms with van der Waals surface area (Å²) in [6.45, 7) is 7.33. The molecule has 0 unspecified atom stereocenters. The molecule has 0 fully saturated rings. The van der Waals surface area contributed by atoms with E-state index >= 15 is 0 Å². The number of rotatable bonds is 7. The van der Waals surface area contributed by atoms with Gasteiger partial charge in [0.15, 0.2) is 0 Å². The van der Waals surface area contributed by atoms with Gasteiger partial charge in [0, 0.05) is 44.1 Å². The summed E-state index contributed by atoms with van der Waals surface area (Å²) in [5.41, 5.74) is 5.67. The molecule has 2 N–H and O–H groups in total. The predicted octanol–water partition coefficient (Wildman–Crippen LogP) is 1.63. The molecule has 0 spiro atoms. The topological polar surface area (TPSA) is 76.8 Å². The molecule has 7 nitrogen and oxygen atoms in total. The highest BCUT2D eigenvalue weighted by Crippen LogP contribution is 2.15. The molecule has 0 atom stereocenters. The van der Waals surface area contributed by atoms with E-state index in [-0.39, 0.29) is 6.03 Å². The number of aryl methyl sites for hydroxylation is 3. The van der Waals surface area contributed by atoms with Gasteiger partial charge in [-0.2, -0.15) is 10.2 Å². The van der Waals surface area contributed by atoms with Crippen molar-refractivity contribution in [3.8, 4) is 0 Å². The molecule has 2 aromatic heterocycles. The highest BCUT2D eigenvalue weighted by molar-refractivity contribution is 5.73. The Hall–Kier alpha value is -2.31. The number of aromatic nitrogens is 4. The molecule has 0 saturated carbocycles. The summed E-state index contributed by atoms with van der Waals surface area (Å²) in [6, 6.07) is -0.149. The summed E-state index contributed by atoms with van der Waals surface area (Å²) < 4.78 is 3.76. The monoisotopic (exact) mass is 332 g/mol. The molecule has 0 aliphatic carbocycles. The highest BCUT2D eigenvalue weighted by Gasteiger charge is 2.14. The molecule has 24 heavy (non-hydrogen) atoms. The Kier molecular flexibility index (Phi) is 6.00. The third-order valence-electron chi connectivity index (χ3n) is 4.47. The SMILES string of the molecule is CCc1nn(C)c(CC)c1CNC(=O)NCCc1cnn(C)c1C. The summed E-state index contributed by atoms with van der Waals surface area (Å²) in [5.74, 6) is 0. The maximum absolute atomic E-state index is 12.0. The number of carbonyl (C=O) groups excluding carboxylic acids is 1. The van der Waals surface area contributed by atoms with Crippen molar-refractivity contribution in [1.82, 2.24) is 30.2 Å². The Morgan fingerprint density at radius 3 is 2.50 bits per heavy atom. The third kappa shape index (κ3) is 3.96. The lowest BCUT2D eigenvalue weighted by Gasteiger charge is -2.09. The number of urea groups is 1.